The van der Waals surface area contributed by atoms with E-state index in [1.165, 1.54) is 13.0 Å². The van der Waals surface area contributed by atoms with Gasteiger partial charge in [-0.1, -0.05) is 35.9 Å². The van der Waals surface area contributed by atoms with Gasteiger partial charge in [0.2, 0.25) is 0 Å². The quantitative estimate of drug-likeness (QED) is 0.789. The number of benzene rings is 1. The second-order valence-corrected chi connectivity index (χ2v) is 3.68. The van der Waals surface area contributed by atoms with Crippen LogP contribution in [0.2, 0.25) is 0 Å². The molecule has 0 amide bonds. The first-order valence-corrected chi connectivity index (χ1v) is 4.99. The molecule has 1 atom stereocenters. The number of carbonyl (C=O) groups excluding carboxylic acids is 1. The third-order valence-corrected chi connectivity index (χ3v) is 2.27. The lowest BCUT2D eigenvalue weighted by Gasteiger charge is -2.12. The summed E-state index contributed by atoms with van der Waals surface area (Å²) in [5.74, 6) is -1.83. The lowest BCUT2D eigenvalue weighted by Crippen LogP contribution is -2.13. The van der Waals surface area contributed by atoms with Crippen molar-refractivity contribution in [2.75, 3.05) is 0 Å². The molecular weight excluding hydrogens is 204 g/mol. The average Bonchev–Trinajstić information content (AvgIpc) is 2.17. The van der Waals surface area contributed by atoms with Crippen molar-refractivity contribution in [3.05, 3.63) is 47.5 Å². The maximum absolute atomic E-state index is 11.2. The van der Waals surface area contributed by atoms with Crippen LogP contribution in [0.15, 0.2) is 42.0 Å². The molecule has 1 N–H and O–H groups in total. The summed E-state index contributed by atoms with van der Waals surface area (Å²) in [6, 6.07) is 8.89. The summed E-state index contributed by atoms with van der Waals surface area (Å²) in [7, 11) is 0. The minimum Gasteiger partial charge on any atom is -0.481 e. The number of aliphatic carboxylic acids is 1. The molecule has 0 saturated carbocycles. The summed E-state index contributed by atoms with van der Waals surface area (Å²) in [5.41, 5.74) is 1.23. The van der Waals surface area contributed by atoms with Crippen LogP contribution in [0.4, 0.5) is 0 Å². The lowest BCUT2D eigenvalue weighted by molar-refractivity contribution is -0.137. The molecule has 1 aromatic carbocycles. The molecule has 16 heavy (non-hydrogen) atoms. The standard InChI is InChI=1S/C13H14O3/c1-9(8-10(2)14)12(13(15)16)11-6-4-3-5-7-11/h3-8,12H,1-2H3,(H,15,16)/b9-8+. The van der Waals surface area contributed by atoms with Crippen molar-refractivity contribution in [2.24, 2.45) is 0 Å². The first-order chi connectivity index (χ1) is 7.52. The molecule has 3 heteroatoms. The van der Waals surface area contributed by atoms with Gasteiger partial charge in [-0.15, -0.1) is 0 Å². The van der Waals surface area contributed by atoms with Crippen LogP contribution in [0.3, 0.4) is 0 Å². The Kier molecular flexibility index (Phi) is 4.00. The number of carbonyl (C=O) groups is 2. The Balaban J connectivity index is 3.11. The number of carboxylic acids is 1. The largest absolute Gasteiger partial charge is 0.481 e. The van der Waals surface area contributed by atoms with Crippen LogP contribution in [0.1, 0.15) is 25.3 Å². The van der Waals surface area contributed by atoms with Gasteiger partial charge in [0.1, 0.15) is 5.92 Å². The molecule has 3 nitrogen and oxygen atoms in total. The monoisotopic (exact) mass is 218 g/mol. The van der Waals surface area contributed by atoms with E-state index in [1.54, 1.807) is 31.2 Å². The van der Waals surface area contributed by atoms with Gasteiger partial charge in [0.25, 0.3) is 0 Å². The molecular formula is C13H14O3. The van der Waals surface area contributed by atoms with Crippen LogP contribution in [0.5, 0.6) is 0 Å². The molecule has 0 fully saturated rings. The lowest BCUT2D eigenvalue weighted by atomic mass is 9.91. The van der Waals surface area contributed by atoms with Crippen LogP contribution in [-0.2, 0) is 9.59 Å². The summed E-state index contributed by atoms with van der Waals surface area (Å²) in [5, 5.41) is 9.16. The summed E-state index contributed by atoms with van der Waals surface area (Å²) in [6.45, 7) is 3.07. The van der Waals surface area contributed by atoms with Crippen molar-refractivity contribution in [3.63, 3.8) is 0 Å². The highest BCUT2D eigenvalue weighted by atomic mass is 16.4. The molecule has 0 radical (unpaired) electrons. The Morgan fingerprint density at radius 3 is 2.19 bits per heavy atom. The van der Waals surface area contributed by atoms with Crippen molar-refractivity contribution in [1.29, 1.82) is 0 Å². The van der Waals surface area contributed by atoms with Gasteiger partial charge < -0.3 is 5.11 Å². The number of hydrogen-bond acceptors (Lipinski definition) is 2. The maximum atomic E-state index is 11.2. The van der Waals surface area contributed by atoms with E-state index in [0.717, 1.165) is 0 Å². The molecule has 84 valence electrons. The molecule has 0 aromatic heterocycles. The highest BCUT2D eigenvalue weighted by Gasteiger charge is 2.21. The van der Waals surface area contributed by atoms with E-state index >= 15 is 0 Å². The van der Waals surface area contributed by atoms with Crippen molar-refractivity contribution < 1.29 is 14.7 Å². The first-order valence-electron chi connectivity index (χ1n) is 4.99. The second-order valence-electron chi connectivity index (χ2n) is 3.68. The Morgan fingerprint density at radius 2 is 1.75 bits per heavy atom. The van der Waals surface area contributed by atoms with E-state index in [2.05, 4.69) is 0 Å². The molecule has 0 heterocycles. The zero-order valence-electron chi connectivity index (χ0n) is 9.31. The third-order valence-electron chi connectivity index (χ3n) is 2.27. The SMILES string of the molecule is CC(=O)/C=C(\C)C(C(=O)O)c1ccccc1. The fourth-order valence-electron chi connectivity index (χ4n) is 1.65. The van der Waals surface area contributed by atoms with Crippen LogP contribution in [-0.4, -0.2) is 16.9 Å². The van der Waals surface area contributed by atoms with Crippen molar-refractivity contribution in [1.82, 2.24) is 0 Å². The summed E-state index contributed by atoms with van der Waals surface area (Å²) < 4.78 is 0. The van der Waals surface area contributed by atoms with Crippen molar-refractivity contribution in [3.8, 4) is 0 Å². The molecule has 0 aliphatic rings. The number of allylic oxidation sites excluding steroid dienone is 1. The Labute approximate surface area is 94.4 Å². The average molecular weight is 218 g/mol. The zero-order chi connectivity index (χ0) is 12.1. The zero-order valence-corrected chi connectivity index (χ0v) is 9.31. The molecule has 1 aromatic rings. The Morgan fingerprint density at radius 1 is 1.19 bits per heavy atom. The molecule has 0 spiro atoms. The number of rotatable bonds is 4. The van der Waals surface area contributed by atoms with E-state index in [9.17, 15) is 9.59 Å². The smallest absolute Gasteiger partial charge is 0.315 e. The number of hydrogen-bond donors (Lipinski definition) is 1. The second kappa shape index (κ2) is 5.26. The normalized spacial score (nSPS) is 13.2. The topological polar surface area (TPSA) is 54.4 Å². The summed E-state index contributed by atoms with van der Waals surface area (Å²) >= 11 is 0. The number of ketones is 1. The molecule has 0 saturated heterocycles. The predicted octanol–water partition coefficient (Wildman–Crippen LogP) is 2.39. The summed E-state index contributed by atoms with van der Waals surface area (Å²) in [6.07, 6.45) is 1.37. The van der Waals surface area contributed by atoms with Crippen LogP contribution < -0.4 is 0 Å². The van der Waals surface area contributed by atoms with Crippen molar-refractivity contribution in [2.45, 2.75) is 19.8 Å². The third kappa shape index (κ3) is 3.05. The van der Waals surface area contributed by atoms with E-state index in [-0.39, 0.29) is 5.78 Å². The van der Waals surface area contributed by atoms with Gasteiger partial charge in [-0.3, -0.25) is 9.59 Å². The Bertz CT molecular complexity index is 418. The van der Waals surface area contributed by atoms with E-state index in [0.29, 0.717) is 11.1 Å². The molecule has 0 bridgehead atoms. The minimum absolute atomic E-state index is 0.139. The predicted molar refractivity (Wildman–Crippen MR) is 61.3 cm³/mol. The van der Waals surface area contributed by atoms with Gasteiger partial charge >= 0.3 is 5.97 Å². The highest BCUT2D eigenvalue weighted by Crippen LogP contribution is 2.24. The van der Waals surface area contributed by atoms with Crippen LogP contribution in [0, 0.1) is 0 Å². The van der Waals surface area contributed by atoms with Crippen molar-refractivity contribution >= 4 is 11.8 Å². The molecule has 1 unspecified atom stereocenters. The fourth-order valence-corrected chi connectivity index (χ4v) is 1.65. The Hall–Kier alpha value is -1.90. The van der Waals surface area contributed by atoms with Gasteiger partial charge in [-0.05, 0) is 25.5 Å². The molecule has 0 aliphatic carbocycles. The van der Waals surface area contributed by atoms with Gasteiger partial charge in [0.05, 0.1) is 0 Å². The molecule has 0 aliphatic heterocycles. The van der Waals surface area contributed by atoms with Crippen LogP contribution in [0.25, 0.3) is 0 Å². The highest BCUT2D eigenvalue weighted by molar-refractivity contribution is 5.90. The fraction of sp³-hybridized carbons (Fsp3) is 0.231. The van der Waals surface area contributed by atoms with Gasteiger partial charge in [0, 0.05) is 0 Å². The number of carboxylic acid groups (broad SMARTS) is 1. The first kappa shape index (κ1) is 12.2. The van der Waals surface area contributed by atoms with Gasteiger partial charge in [-0.25, -0.2) is 0 Å². The van der Waals surface area contributed by atoms with E-state index < -0.39 is 11.9 Å². The van der Waals surface area contributed by atoms with Gasteiger partial charge in [0.15, 0.2) is 5.78 Å². The van der Waals surface area contributed by atoms with E-state index in [1.807, 2.05) is 6.07 Å². The molecule has 1 rings (SSSR count). The van der Waals surface area contributed by atoms with Gasteiger partial charge in [-0.2, -0.15) is 0 Å². The summed E-state index contributed by atoms with van der Waals surface area (Å²) in [4.78, 5) is 22.1. The van der Waals surface area contributed by atoms with E-state index in [4.69, 9.17) is 5.11 Å². The van der Waals surface area contributed by atoms with Crippen LogP contribution >= 0.6 is 0 Å². The maximum Gasteiger partial charge on any atom is 0.315 e. The minimum atomic E-state index is -0.943.